The fourth-order valence-electron chi connectivity index (χ4n) is 1.12. The zero-order chi connectivity index (χ0) is 8.39. The van der Waals surface area contributed by atoms with Crippen molar-refractivity contribution in [2.75, 3.05) is 0 Å². The highest BCUT2D eigenvalue weighted by Gasteiger charge is 2.14. The Bertz CT molecular complexity index is 381. The maximum absolute atomic E-state index is 4.50. The van der Waals surface area contributed by atoms with E-state index < -0.39 is 0 Å². The Morgan fingerprint density at radius 1 is 1.50 bits per heavy atom. The summed E-state index contributed by atoms with van der Waals surface area (Å²) in [7, 11) is 0. The number of isothiocyanates is 1. The Kier molecular flexibility index (Phi) is 1.78. The molecule has 0 atom stereocenters. The quantitative estimate of drug-likeness (QED) is 0.442. The van der Waals surface area contributed by atoms with E-state index in [9.17, 15) is 0 Å². The molecule has 0 saturated heterocycles. The molecule has 1 aliphatic heterocycles. The van der Waals surface area contributed by atoms with Crippen LogP contribution in [-0.2, 0) is 0 Å². The van der Waals surface area contributed by atoms with Crippen LogP contribution in [-0.4, -0.2) is 17.2 Å². The van der Waals surface area contributed by atoms with Crippen molar-refractivity contribution < 1.29 is 0 Å². The zero-order valence-electron chi connectivity index (χ0n) is 6.19. The van der Waals surface area contributed by atoms with Crippen molar-refractivity contribution in [1.29, 1.82) is 0 Å². The lowest BCUT2D eigenvalue weighted by atomic mass is 10.1. The van der Waals surface area contributed by atoms with Crippen LogP contribution in [0.15, 0.2) is 38.5 Å². The lowest BCUT2D eigenvalue weighted by Crippen LogP contribution is -2.02. The van der Waals surface area contributed by atoms with Gasteiger partial charge in [0.05, 0.1) is 22.3 Å². The van der Waals surface area contributed by atoms with Gasteiger partial charge >= 0.3 is 0 Å². The highest BCUT2D eigenvalue weighted by molar-refractivity contribution is 7.78. The molecule has 0 amide bonds. The van der Waals surface area contributed by atoms with Crippen LogP contribution < -0.4 is 0 Å². The molecule has 0 saturated carbocycles. The van der Waals surface area contributed by atoms with Crippen LogP contribution in [0.25, 0.3) is 0 Å². The van der Waals surface area contributed by atoms with Gasteiger partial charge < -0.3 is 0 Å². The molecule has 0 aromatic rings. The third-order valence-corrected chi connectivity index (χ3v) is 1.77. The first-order valence-corrected chi connectivity index (χ1v) is 3.89. The van der Waals surface area contributed by atoms with E-state index in [4.69, 9.17) is 0 Å². The SMILES string of the molecule is S=C=NC1=CC=C2N=CN=C2C1. The predicted molar refractivity (Wildman–Crippen MR) is 51.7 cm³/mol. The molecule has 58 valence electrons. The minimum Gasteiger partial charge on any atom is -0.239 e. The predicted octanol–water partition coefficient (Wildman–Crippen LogP) is 1.74. The van der Waals surface area contributed by atoms with Crippen molar-refractivity contribution in [3.8, 4) is 0 Å². The number of nitrogens with zero attached hydrogens (tertiary/aromatic N) is 3. The van der Waals surface area contributed by atoms with Crippen LogP contribution >= 0.6 is 12.2 Å². The van der Waals surface area contributed by atoms with E-state index in [0.29, 0.717) is 6.42 Å². The summed E-state index contributed by atoms with van der Waals surface area (Å²) in [6, 6.07) is 0. The van der Waals surface area contributed by atoms with Gasteiger partial charge in [-0.05, 0) is 24.4 Å². The second-order valence-corrected chi connectivity index (χ2v) is 2.59. The molecule has 0 fully saturated rings. The molecule has 1 aliphatic carbocycles. The number of fused-ring (bicyclic) bond motifs is 1. The summed E-state index contributed by atoms with van der Waals surface area (Å²) >= 11 is 4.50. The molecule has 0 aromatic heterocycles. The van der Waals surface area contributed by atoms with Gasteiger partial charge in [-0.2, -0.15) is 4.99 Å². The molecule has 0 N–H and O–H groups in total. The Morgan fingerprint density at radius 2 is 2.42 bits per heavy atom. The second-order valence-electron chi connectivity index (χ2n) is 2.41. The first-order valence-electron chi connectivity index (χ1n) is 3.48. The number of thiocarbonyl (C=S) groups is 1. The van der Waals surface area contributed by atoms with Crippen LogP contribution in [0.5, 0.6) is 0 Å². The third kappa shape index (κ3) is 1.18. The minimum absolute atomic E-state index is 0.704. The molecule has 1 heterocycles. The van der Waals surface area contributed by atoms with Crippen molar-refractivity contribution in [2.24, 2.45) is 15.0 Å². The van der Waals surface area contributed by atoms with Crippen LogP contribution in [0.2, 0.25) is 0 Å². The van der Waals surface area contributed by atoms with E-state index in [2.05, 4.69) is 32.4 Å². The number of allylic oxidation sites excluding steroid dienone is 4. The molecule has 0 bridgehead atoms. The van der Waals surface area contributed by atoms with Gasteiger partial charge in [0.2, 0.25) is 0 Å². The molecular weight excluding hydrogens is 170 g/mol. The molecule has 0 spiro atoms. The maximum atomic E-state index is 4.50. The summed E-state index contributed by atoms with van der Waals surface area (Å²) in [5, 5.41) is 2.33. The van der Waals surface area contributed by atoms with Crippen LogP contribution in [0.1, 0.15) is 6.42 Å². The third-order valence-electron chi connectivity index (χ3n) is 1.68. The molecular formula is C8H5N3S. The number of rotatable bonds is 1. The van der Waals surface area contributed by atoms with E-state index in [1.54, 1.807) is 6.34 Å². The molecule has 3 nitrogen and oxygen atoms in total. The van der Waals surface area contributed by atoms with Gasteiger partial charge in [0.15, 0.2) is 0 Å². The highest BCUT2D eigenvalue weighted by atomic mass is 32.1. The summed E-state index contributed by atoms with van der Waals surface area (Å²) in [5.74, 6) is 0. The van der Waals surface area contributed by atoms with Crippen LogP contribution in [0, 0.1) is 0 Å². The lowest BCUT2D eigenvalue weighted by molar-refractivity contribution is 1.19. The van der Waals surface area contributed by atoms with E-state index in [-0.39, 0.29) is 0 Å². The lowest BCUT2D eigenvalue weighted by Gasteiger charge is -2.05. The van der Waals surface area contributed by atoms with Crippen LogP contribution in [0.4, 0.5) is 0 Å². The van der Waals surface area contributed by atoms with Gasteiger partial charge in [-0.15, -0.1) is 0 Å². The summed E-state index contributed by atoms with van der Waals surface area (Å²) in [6.07, 6.45) is 6.03. The fraction of sp³-hybridized carbons (Fsp3) is 0.125. The Labute approximate surface area is 74.9 Å². The van der Waals surface area contributed by atoms with Gasteiger partial charge in [0.25, 0.3) is 0 Å². The molecule has 2 rings (SSSR count). The summed E-state index contributed by atoms with van der Waals surface area (Å²) in [5.41, 5.74) is 2.78. The zero-order valence-corrected chi connectivity index (χ0v) is 7.01. The van der Waals surface area contributed by atoms with Crippen molar-refractivity contribution in [3.05, 3.63) is 23.5 Å². The number of hydrogen-bond acceptors (Lipinski definition) is 4. The van der Waals surface area contributed by atoms with Gasteiger partial charge in [-0.3, -0.25) is 0 Å². The van der Waals surface area contributed by atoms with Crippen molar-refractivity contribution in [2.45, 2.75) is 6.42 Å². The van der Waals surface area contributed by atoms with Crippen LogP contribution in [0.3, 0.4) is 0 Å². The van der Waals surface area contributed by atoms with Crippen molar-refractivity contribution >= 4 is 29.4 Å². The van der Waals surface area contributed by atoms with Gasteiger partial charge in [-0.1, -0.05) is 0 Å². The topological polar surface area (TPSA) is 37.1 Å². The number of aliphatic imine (C=N–C) groups is 3. The van der Waals surface area contributed by atoms with Crippen molar-refractivity contribution in [3.63, 3.8) is 0 Å². The molecule has 0 radical (unpaired) electrons. The highest BCUT2D eigenvalue weighted by Crippen LogP contribution is 2.20. The Hall–Kier alpha value is -1.38. The summed E-state index contributed by atoms with van der Waals surface area (Å²) in [4.78, 5) is 12.0. The summed E-state index contributed by atoms with van der Waals surface area (Å²) < 4.78 is 0. The van der Waals surface area contributed by atoms with Gasteiger partial charge in [0.1, 0.15) is 6.34 Å². The minimum atomic E-state index is 0.704. The average Bonchev–Trinajstić information content (AvgIpc) is 2.51. The van der Waals surface area contributed by atoms with Crippen molar-refractivity contribution in [1.82, 2.24) is 0 Å². The first-order chi connectivity index (χ1) is 5.90. The monoisotopic (exact) mass is 175 g/mol. The summed E-state index contributed by atoms with van der Waals surface area (Å²) in [6.45, 7) is 0. The second kappa shape index (κ2) is 2.93. The molecule has 0 aromatic carbocycles. The molecule has 2 aliphatic rings. The molecule has 12 heavy (non-hydrogen) atoms. The van der Waals surface area contributed by atoms with E-state index in [0.717, 1.165) is 17.1 Å². The van der Waals surface area contributed by atoms with E-state index in [1.807, 2.05) is 12.2 Å². The molecule has 4 heteroatoms. The van der Waals surface area contributed by atoms with E-state index in [1.165, 1.54) is 0 Å². The Balaban J connectivity index is 2.33. The molecule has 0 unspecified atom stereocenters. The van der Waals surface area contributed by atoms with Gasteiger partial charge in [-0.25, -0.2) is 9.98 Å². The average molecular weight is 175 g/mol. The van der Waals surface area contributed by atoms with E-state index >= 15 is 0 Å². The maximum Gasteiger partial charge on any atom is 0.116 e. The van der Waals surface area contributed by atoms with Gasteiger partial charge in [0, 0.05) is 6.42 Å². The largest absolute Gasteiger partial charge is 0.239 e. The smallest absolute Gasteiger partial charge is 0.116 e. The fourth-order valence-corrected chi connectivity index (χ4v) is 1.24. The first kappa shape index (κ1) is 7.28. The standard InChI is InChI=1S/C8H5N3S/c12-5-11-6-1-2-7-8(3-6)10-4-9-7/h1-2,4H,3H2. The number of hydrogen-bond donors (Lipinski definition) is 0. The Morgan fingerprint density at radius 3 is 3.25 bits per heavy atom. The normalized spacial score (nSPS) is 18.8.